The van der Waals surface area contributed by atoms with Gasteiger partial charge in [0.1, 0.15) is 17.2 Å². The number of rotatable bonds is 5. The number of amides is 1. The maximum atomic E-state index is 13.0. The maximum absolute atomic E-state index is 13.0. The third kappa shape index (κ3) is 3.57. The lowest BCUT2D eigenvalue weighted by atomic mass is 9.91. The molecule has 126 valence electrons. The van der Waals surface area contributed by atoms with Crippen LogP contribution in [-0.4, -0.2) is 29.8 Å². The number of halogens is 1. The molecule has 0 aromatic heterocycles. The highest BCUT2D eigenvalue weighted by atomic mass is 19.1. The van der Waals surface area contributed by atoms with E-state index < -0.39 is 5.60 Å². The van der Waals surface area contributed by atoms with E-state index in [0.717, 1.165) is 16.9 Å². The molecule has 1 heterocycles. The average molecular weight is 329 g/mol. The molecule has 0 radical (unpaired) electrons. The Balaban J connectivity index is 1.73. The first-order valence-electron chi connectivity index (χ1n) is 7.94. The molecule has 0 spiro atoms. The molecule has 1 aliphatic heterocycles. The van der Waals surface area contributed by atoms with E-state index in [4.69, 9.17) is 9.84 Å². The first-order chi connectivity index (χ1) is 11.5. The van der Waals surface area contributed by atoms with Crippen LogP contribution in [0.25, 0.3) is 0 Å². The van der Waals surface area contributed by atoms with Gasteiger partial charge in [-0.2, -0.15) is 0 Å². The fraction of sp³-hybridized carbons (Fsp3) is 0.316. The summed E-state index contributed by atoms with van der Waals surface area (Å²) in [4.78, 5) is 12.0. The van der Waals surface area contributed by atoms with Crippen LogP contribution in [0.3, 0.4) is 0 Å². The summed E-state index contributed by atoms with van der Waals surface area (Å²) < 4.78 is 19.1. The van der Waals surface area contributed by atoms with Gasteiger partial charge in [-0.05, 0) is 48.4 Å². The Kier molecular flexibility index (Phi) is 4.53. The molecule has 24 heavy (non-hydrogen) atoms. The number of benzene rings is 2. The van der Waals surface area contributed by atoms with E-state index in [1.807, 2.05) is 13.0 Å². The van der Waals surface area contributed by atoms with Gasteiger partial charge in [0.15, 0.2) is 0 Å². The van der Waals surface area contributed by atoms with E-state index in [2.05, 4.69) is 5.32 Å². The average Bonchev–Trinajstić information content (AvgIpc) is 2.89. The van der Waals surface area contributed by atoms with E-state index in [1.54, 1.807) is 24.3 Å². The number of nitrogens with one attached hydrogen (secondary N) is 1. The largest absolute Gasteiger partial charge is 0.487 e. The fourth-order valence-corrected chi connectivity index (χ4v) is 3.07. The molecule has 0 bridgehead atoms. The van der Waals surface area contributed by atoms with Gasteiger partial charge in [0.2, 0.25) is 0 Å². The van der Waals surface area contributed by atoms with Gasteiger partial charge in [-0.15, -0.1) is 0 Å². The molecule has 0 saturated heterocycles. The molecule has 0 fully saturated rings. The minimum atomic E-state index is -0.416. The second kappa shape index (κ2) is 6.61. The number of aliphatic hydroxyl groups is 1. The summed E-state index contributed by atoms with van der Waals surface area (Å²) in [5, 5.41) is 11.4. The van der Waals surface area contributed by atoms with Gasteiger partial charge in [0.25, 0.3) is 5.91 Å². The van der Waals surface area contributed by atoms with Crippen molar-refractivity contribution < 1.29 is 19.0 Å². The predicted octanol–water partition coefficient (Wildman–Crippen LogP) is 2.48. The highest BCUT2D eigenvalue weighted by Crippen LogP contribution is 2.37. The quantitative estimate of drug-likeness (QED) is 0.886. The SMILES string of the molecule is C[C@@]1(Cc2ccc(F)cc2)Cc2cc(C(=O)NCCO)ccc2O1. The minimum absolute atomic E-state index is 0.0878. The smallest absolute Gasteiger partial charge is 0.251 e. The van der Waals surface area contributed by atoms with Crippen molar-refractivity contribution >= 4 is 5.91 Å². The van der Waals surface area contributed by atoms with Crippen molar-refractivity contribution in [2.45, 2.75) is 25.4 Å². The Morgan fingerprint density at radius 3 is 2.75 bits per heavy atom. The molecule has 2 N–H and O–H groups in total. The zero-order chi connectivity index (χ0) is 17.2. The molecule has 0 saturated carbocycles. The second-order valence-corrected chi connectivity index (χ2v) is 6.33. The van der Waals surface area contributed by atoms with Crippen molar-refractivity contribution in [3.63, 3.8) is 0 Å². The number of hydrogen-bond acceptors (Lipinski definition) is 3. The van der Waals surface area contributed by atoms with Crippen molar-refractivity contribution in [2.75, 3.05) is 13.2 Å². The monoisotopic (exact) mass is 329 g/mol. The van der Waals surface area contributed by atoms with Gasteiger partial charge in [0, 0.05) is 24.9 Å². The summed E-state index contributed by atoms with van der Waals surface area (Å²) >= 11 is 0. The molecular weight excluding hydrogens is 309 g/mol. The van der Waals surface area contributed by atoms with Crippen LogP contribution in [0.15, 0.2) is 42.5 Å². The summed E-state index contributed by atoms with van der Waals surface area (Å²) in [5.74, 6) is 0.315. The van der Waals surface area contributed by atoms with Gasteiger partial charge in [-0.3, -0.25) is 4.79 Å². The van der Waals surface area contributed by atoms with Crippen molar-refractivity contribution in [2.24, 2.45) is 0 Å². The first-order valence-corrected chi connectivity index (χ1v) is 7.94. The lowest BCUT2D eigenvalue weighted by Crippen LogP contribution is -2.32. The Hall–Kier alpha value is -2.40. The summed E-state index contributed by atoms with van der Waals surface area (Å²) in [6.07, 6.45) is 1.34. The third-order valence-electron chi connectivity index (χ3n) is 4.13. The fourth-order valence-electron chi connectivity index (χ4n) is 3.07. The normalized spacial score (nSPS) is 18.8. The molecule has 0 aliphatic carbocycles. The van der Waals surface area contributed by atoms with Crippen molar-refractivity contribution in [1.82, 2.24) is 5.32 Å². The Morgan fingerprint density at radius 1 is 1.29 bits per heavy atom. The van der Waals surface area contributed by atoms with Crippen LogP contribution in [0.4, 0.5) is 4.39 Å². The molecule has 2 aromatic carbocycles. The highest BCUT2D eigenvalue weighted by molar-refractivity contribution is 5.94. The van der Waals surface area contributed by atoms with E-state index >= 15 is 0 Å². The zero-order valence-corrected chi connectivity index (χ0v) is 13.5. The number of fused-ring (bicyclic) bond motifs is 1. The van der Waals surface area contributed by atoms with Gasteiger partial charge >= 0.3 is 0 Å². The van der Waals surface area contributed by atoms with Gasteiger partial charge in [-0.1, -0.05) is 12.1 Å². The first kappa shape index (κ1) is 16.5. The number of carbonyl (C=O) groups excluding carboxylic acids is 1. The highest BCUT2D eigenvalue weighted by Gasteiger charge is 2.35. The molecule has 0 unspecified atom stereocenters. The third-order valence-corrected chi connectivity index (χ3v) is 4.13. The van der Waals surface area contributed by atoms with E-state index in [1.165, 1.54) is 12.1 Å². The topological polar surface area (TPSA) is 58.6 Å². The molecule has 2 aromatic rings. The number of ether oxygens (including phenoxy) is 1. The van der Waals surface area contributed by atoms with E-state index in [-0.39, 0.29) is 24.9 Å². The van der Waals surface area contributed by atoms with Crippen LogP contribution in [0, 0.1) is 5.82 Å². The second-order valence-electron chi connectivity index (χ2n) is 6.33. The van der Waals surface area contributed by atoms with Gasteiger partial charge in [0.05, 0.1) is 6.61 Å². The lowest BCUT2D eigenvalue weighted by molar-refractivity contribution is 0.0944. The van der Waals surface area contributed by atoms with E-state index in [0.29, 0.717) is 18.4 Å². The van der Waals surface area contributed by atoms with Gasteiger partial charge < -0.3 is 15.2 Å². The van der Waals surface area contributed by atoms with Crippen molar-refractivity contribution in [1.29, 1.82) is 0 Å². The van der Waals surface area contributed by atoms with Gasteiger partial charge in [-0.25, -0.2) is 4.39 Å². The van der Waals surface area contributed by atoms with Crippen LogP contribution < -0.4 is 10.1 Å². The van der Waals surface area contributed by atoms with Crippen molar-refractivity contribution in [3.05, 3.63) is 65.0 Å². The number of hydrogen-bond donors (Lipinski definition) is 2. The van der Waals surface area contributed by atoms with Crippen molar-refractivity contribution in [3.8, 4) is 5.75 Å². The summed E-state index contributed by atoms with van der Waals surface area (Å²) in [5.41, 5.74) is 2.13. The Bertz CT molecular complexity index is 745. The Labute approximate surface area is 140 Å². The standard InChI is InChI=1S/C19H20FNO3/c1-19(11-13-2-5-16(20)6-3-13)12-15-10-14(4-7-17(15)24-19)18(23)21-8-9-22/h2-7,10,22H,8-9,11-12H2,1H3,(H,21,23)/t19-/m1/s1. The molecule has 1 amide bonds. The maximum Gasteiger partial charge on any atom is 0.251 e. The molecule has 1 aliphatic rings. The molecule has 5 heteroatoms. The lowest BCUT2D eigenvalue weighted by Gasteiger charge is -2.24. The van der Waals surface area contributed by atoms with Crippen LogP contribution in [0.5, 0.6) is 5.75 Å². The number of aliphatic hydroxyl groups excluding tert-OH is 1. The summed E-state index contributed by atoms with van der Waals surface area (Å²) in [6, 6.07) is 11.8. The number of carbonyl (C=O) groups is 1. The van der Waals surface area contributed by atoms with E-state index in [9.17, 15) is 9.18 Å². The molecule has 4 nitrogen and oxygen atoms in total. The van der Waals surface area contributed by atoms with Crippen LogP contribution in [0.2, 0.25) is 0 Å². The predicted molar refractivity (Wildman–Crippen MR) is 88.7 cm³/mol. The van der Waals surface area contributed by atoms with Crippen LogP contribution >= 0.6 is 0 Å². The van der Waals surface area contributed by atoms with Crippen LogP contribution in [-0.2, 0) is 12.8 Å². The molecule has 1 atom stereocenters. The molecular formula is C19H20FNO3. The molecule has 3 rings (SSSR count). The van der Waals surface area contributed by atoms with Crippen LogP contribution in [0.1, 0.15) is 28.4 Å². The minimum Gasteiger partial charge on any atom is -0.487 e. The summed E-state index contributed by atoms with van der Waals surface area (Å²) in [6.45, 7) is 2.16. The Morgan fingerprint density at radius 2 is 2.04 bits per heavy atom. The zero-order valence-electron chi connectivity index (χ0n) is 13.5. The summed E-state index contributed by atoms with van der Waals surface area (Å²) in [7, 11) is 0.